The van der Waals surface area contributed by atoms with Crippen LogP contribution in [0.5, 0.6) is 11.5 Å². The quantitative estimate of drug-likeness (QED) is 0.870. The van der Waals surface area contributed by atoms with E-state index in [0.29, 0.717) is 0 Å². The number of aromatic nitrogens is 1. The number of ether oxygens (including phenoxy) is 2. The molecule has 5 heteroatoms. The average molecular weight is 351 g/mol. The summed E-state index contributed by atoms with van der Waals surface area (Å²) in [6.07, 6.45) is 0. The van der Waals surface area contributed by atoms with Gasteiger partial charge < -0.3 is 14.8 Å². The van der Waals surface area contributed by atoms with Crippen LogP contribution >= 0.6 is 15.9 Å². The second kappa shape index (κ2) is 6.80. The molecule has 0 fully saturated rings. The SMILES string of the molecule is COc1ccc(C(C)Nc2ccc(Br)c(C)n2)cc1OC. The Labute approximate surface area is 133 Å². The van der Waals surface area contributed by atoms with Gasteiger partial charge in [-0.05, 0) is 59.6 Å². The van der Waals surface area contributed by atoms with Crippen LogP contribution in [0.25, 0.3) is 0 Å². The minimum atomic E-state index is 0.109. The van der Waals surface area contributed by atoms with E-state index in [1.165, 1.54) is 0 Å². The predicted molar refractivity (Wildman–Crippen MR) is 88.3 cm³/mol. The molecular weight excluding hydrogens is 332 g/mol. The molecule has 0 radical (unpaired) electrons. The second-order valence-corrected chi connectivity index (χ2v) is 5.60. The Balaban J connectivity index is 2.19. The van der Waals surface area contributed by atoms with Gasteiger partial charge in [0.25, 0.3) is 0 Å². The van der Waals surface area contributed by atoms with Crippen molar-refractivity contribution >= 4 is 21.7 Å². The standard InChI is InChI=1S/C16H19BrN2O2/c1-10(18-16-8-6-13(17)11(2)19-16)12-5-7-14(20-3)15(9-12)21-4/h5-10H,1-4H3,(H,18,19). The number of nitrogens with one attached hydrogen (secondary N) is 1. The minimum absolute atomic E-state index is 0.109. The van der Waals surface area contributed by atoms with Crippen molar-refractivity contribution in [3.8, 4) is 11.5 Å². The van der Waals surface area contributed by atoms with E-state index in [2.05, 4.69) is 33.2 Å². The molecule has 0 bridgehead atoms. The highest BCUT2D eigenvalue weighted by Crippen LogP contribution is 2.31. The predicted octanol–water partition coefficient (Wildman–Crippen LogP) is 4.34. The molecule has 0 aliphatic heterocycles. The lowest BCUT2D eigenvalue weighted by atomic mass is 10.1. The summed E-state index contributed by atoms with van der Waals surface area (Å²) in [5, 5.41) is 3.39. The second-order valence-electron chi connectivity index (χ2n) is 4.74. The molecule has 2 aromatic rings. The summed E-state index contributed by atoms with van der Waals surface area (Å²) in [4.78, 5) is 4.50. The van der Waals surface area contributed by atoms with Crippen molar-refractivity contribution in [1.82, 2.24) is 4.98 Å². The Morgan fingerprint density at radius 2 is 1.81 bits per heavy atom. The van der Waals surface area contributed by atoms with Crippen LogP contribution in [0.2, 0.25) is 0 Å². The van der Waals surface area contributed by atoms with Gasteiger partial charge >= 0.3 is 0 Å². The number of nitrogens with zero attached hydrogens (tertiary/aromatic N) is 1. The molecule has 21 heavy (non-hydrogen) atoms. The van der Waals surface area contributed by atoms with Gasteiger partial charge in [0.15, 0.2) is 11.5 Å². The highest BCUT2D eigenvalue weighted by Gasteiger charge is 2.11. The fourth-order valence-electron chi connectivity index (χ4n) is 2.05. The number of rotatable bonds is 5. The summed E-state index contributed by atoms with van der Waals surface area (Å²) in [6, 6.07) is 9.96. The van der Waals surface area contributed by atoms with Crippen molar-refractivity contribution in [2.75, 3.05) is 19.5 Å². The monoisotopic (exact) mass is 350 g/mol. The van der Waals surface area contributed by atoms with Gasteiger partial charge in [-0.3, -0.25) is 0 Å². The molecule has 1 unspecified atom stereocenters. The summed E-state index contributed by atoms with van der Waals surface area (Å²) < 4.78 is 11.6. The van der Waals surface area contributed by atoms with E-state index in [9.17, 15) is 0 Å². The van der Waals surface area contributed by atoms with Gasteiger partial charge in [-0.25, -0.2) is 4.98 Å². The molecule has 1 aromatic carbocycles. The van der Waals surface area contributed by atoms with Crippen molar-refractivity contribution in [2.24, 2.45) is 0 Å². The number of pyridine rings is 1. The van der Waals surface area contributed by atoms with Gasteiger partial charge in [0, 0.05) is 4.47 Å². The molecule has 1 aromatic heterocycles. The van der Waals surface area contributed by atoms with Gasteiger partial charge in [0.1, 0.15) is 5.82 Å². The number of hydrogen-bond acceptors (Lipinski definition) is 4. The Bertz CT molecular complexity index is 632. The van der Waals surface area contributed by atoms with E-state index in [4.69, 9.17) is 9.47 Å². The zero-order chi connectivity index (χ0) is 15.4. The van der Waals surface area contributed by atoms with E-state index in [1.54, 1.807) is 14.2 Å². The largest absolute Gasteiger partial charge is 0.493 e. The van der Waals surface area contributed by atoms with Crippen molar-refractivity contribution in [3.05, 3.63) is 46.1 Å². The van der Waals surface area contributed by atoms with Crippen LogP contribution in [0.15, 0.2) is 34.8 Å². The molecule has 0 aliphatic carbocycles. The molecule has 112 valence electrons. The van der Waals surface area contributed by atoms with Gasteiger partial charge in [-0.1, -0.05) is 6.07 Å². The molecule has 4 nitrogen and oxygen atoms in total. The summed E-state index contributed by atoms with van der Waals surface area (Å²) in [6.45, 7) is 4.05. The van der Waals surface area contributed by atoms with Crippen LogP contribution in [0, 0.1) is 6.92 Å². The van der Waals surface area contributed by atoms with Crippen LogP contribution < -0.4 is 14.8 Å². The Hall–Kier alpha value is -1.75. The molecule has 0 spiro atoms. The van der Waals surface area contributed by atoms with Crippen LogP contribution in [-0.4, -0.2) is 19.2 Å². The summed E-state index contributed by atoms with van der Waals surface area (Å²) >= 11 is 3.45. The lowest BCUT2D eigenvalue weighted by Gasteiger charge is -2.17. The zero-order valence-electron chi connectivity index (χ0n) is 12.6. The molecular formula is C16H19BrN2O2. The Morgan fingerprint density at radius 3 is 2.43 bits per heavy atom. The minimum Gasteiger partial charge on any atom is -0.493 e. The lowest BCUT2D eigenvalue weighted by molar-refractivity contribution is 0.354. The van der Waals surface area contributed by atoms with Crippen molar-refractivity contribution in [3.63, 3.8) is 0 Å². The Kier molecular flexibility index (Phi) is 5.07. The van der Waals surface area contributed by atoms with Crippen LogP contribution in [-0.2, 0) is 0 Å². The fourth-order valence-corrected chi connectivity index (χ4v) is 2.27. The molecule has 1 N–H and O–H groups in total. The smallest absolute Gasteiger partial charge is 0.161 e. The Morgan fingerprint density at radius 1 is 1.10 bits per heavy atom. The fraction of sp³-hybridized carbons (Fsp3) is 0.312. The van der Waals surface area contributed by atoms with Gasteiger partial charge in [-0.15, -0.1) is 0 Å². The summed E-state index contributed by atoms with van der Waals surface area (Å²) in [5.41, 5.74) is 2.06. The molecule has 0 saturated heterocycles. The molecule has 0 amide bonds. The number of aryl methyl sites for hydroxylation is 1. The molecule has 0 saturated carbocycles. The van der Waals surface area contributed by atoms with E-state index in [-0.39, 0.29) is 6.04 Å². The number of hydrogen-bond donors (Lipinski definition) is 1. The van der Waals surface area contributed by atoms with Crippen molar-refractivity contribution in [2.45, 2.75) is 19.9 Å². The third kappa shape index (κ3) is 3.67. The number of benzene rings is 1. The number of methoxy groups -OCH3 is 2. The van der Waals surface area contributed by atoms with Crippen LogP contribution in [0.3, 0.4) is 0 Å². The first kappa shape index (κ1) is 15.6. The third-order valence-electron chi connectivity index (χ3n) is 3.29. The van der Waals surface area contributed by atoms with Gasteiger partial charge in [0.05, 0.1) is 26.0 Å². The van der Waals surface area contributed by atoms with Crippen molar-refractivity contribution in [1.29, 1.82) is 0 Å². The first-order valence-electron chi connectivity index (χ1n) is 6.66. The van der Waals surface area contributed by atoms with Crippen LogP contribution in [0.1, 0.15) is 24.2 Å². The highest BCUT2D eigenvalue weighted by atomic mass is 79.9. The van der Waals surface area contributed by atoms with E-state index in [1.807, 2.05) is 37.3 Å². The van der Waals surface area contributed by atoms with E-state index >= 15 is 0 Å². The maximum absolute atomic E-state index is 5.34. The number of halogens is 1. The first-order valence-corrected chi connectivity index (χ1v) is 7.46. The van der Waals surface area contributed by atoms with E-state index in [0.717, 1.165) is 33.0 Å². The molecule has 2 rings (SSSR count). The normalized spacial score (nSPS) is 11.9. The molecule has 1 heterocycles. The molecule has 0 aliphatic rings. The van der Waals surface area contributed by atoms with E-state index < -0.39 is 0 Å². The number of anilines is 1. The highest BCUT2D eigenvalue weighted by molar-refractivity contribution is 9.10. The lowest BCUT2D eigenvalue weighted by Crippen LogP contribution is -2.08. The average Bonchev–Trinajstić information content (AvgIpc) is 2.50. The summed E-state index contributed by atoms with van der Waals surface area (Å²) in [7, 11) is 3.27. The van der Waals surface area contributed by atoms with Crippen molar-refractivity contribution < 1.29 is 9.47 Å². The maximum Gasteiger partial charge on any atom is 0.161 e. The van der Waals surface area contributed by atoms with Gasteiger partial charge in [0.2, 0.25) is 0 Å². The zero-order valence-corrected chi connectivity index (χ0v) is 14.2. The third-order valence-corrected chi connectivity index (χ3v) is 4.13. The summed E-state index contributed by atoms with van der Waals surface area (Å²) in [5.74, 6) is 2.30. The first-order chi connectivity index (χ1) is 10.0. The maximum atomic E-state index is 5.34. The molecule has 1 atom stereocenters. The topological polar surface area (TPSA) is 43.4 Å². The van der Waals surface area contributed by atoms with Gasteiger partial charge in [-0.2, -0.15) is 0 Å². The van der Waals surface area contributed by atoms with Crippen LogP contribution in [0.4, 0.5) is 5.82 Å².